The molecule has 5 nitrogen and oxygen atoms in total. The Morgan fingerprint density at radius 2 is 2.21 bits per heavy atom. The second kappa shape index (κ2) is 4.47. The molecule has 3 rings (SSSR count). The lowest BCUT2D eigenvalue weighted by molar-refractivity contribution is -0.112. The molecule has 0 radical (unpaired) electrons. The molecule has 1 amide bonds. The molecular weight excluding hydrogens is 262 g/mol. The van der Waals surface area contributed by atoms with Gasteiger partial charge in [-0.05, 0) is 18.2 Å². The Kier molecular flexibility index (Phi) is 2.79. The number of thiazole rings is 1. The first-order valence-corrected chi connectivity index (χ1v) is 6.67. The van der Waals surface area contributed by atoms with Crippen LogP contribution in [0.25, 0.3) is 0 Å². The Bertz CT molecular complexity index is 652. The van der Waals surface area contributed by atoms with Crippen molar-refractivity contribution in [3.63, 3.8) is 0 Å². The molecule has 1 N–H and O–H groups in total. The standard InChI is InChI=1S/C13H11N3O2S/c1-16(5-8-6-19-7-14-8)9-2-3-10-11(4-9)15-13(18)12(10)17/h2-4,6-7H,5H2,1H3,(H,15,17,18). The summed E-state index contributed by atoms with van der Waals surface area (Å²) in [5.74, 6) is -1.03. The topological polar surface area (TPSA) is 62.3 Å². The first-order valence-electron chi connectivity index (χ1n) is 5.73. The summed E-state index contributed by atoms with van der Waals surface area (Å²) in [6, 6.07) is 5.33. The quantitative estimate of drug-likeness (QED) is 0.868. The van der Waals surface area contributed by atoms with Crippen molar-refractivity contribution < 1.29 is 9.59 Å². The summed E-state index contributed by atoms with van der Waals surface area (Å²) in [6.07, 6.45) is 0. The van der Waals surface area contributed by atoms with Gasteiger partial charge in [0.2, 0.25) is 0 Å². The van der Waals surface area contributed by atoms with Crippen LogP contribution in [0.4, 0.5) is 11.4 Å². The van der Waals surface area contributed by atoms with Crippen LogP contribution in [0.1, 0.15) is 16.1 Å². The number of Topliss-reactive ketones (excluding diaryl/α,β-unsaturated/α-hetero) is 1. The van der Waals surface area contributed by atoms with Crippen LogP contribution in [0.2, 0.25) is 0 Å². The smallest absolute Gasteiger partial charge is 0.296 e. The third-order valence-corrected chi connectivity index (χ3v) is 3.66. The zero-order chi connectivity index (χ0) is 13.4. The van der Waals surface area contributed by atoms with Gasteiger partial charge >= 0.3 is 0 Å². The van der Waals surface area contributed by atoms with Crippen LogP contribution in [-0.4, -0.2) is 23.7 Å². The van der Waals surface area contributed by atoms with E-state index in [4.69, 9.17) is 0 Å². The molecule has 2 aromatic rings. The van der Waals surface area contributed by atoms with Crippen LogP contribution in [0, 0.1) is 0 Å². The van der Waals surface area contributed by atoms with Crippen molar-refractivity contribution in [2.75, 3.05) is 17.3 Å². The van der Waals surface area contributed by atoms with Crippen molar-refractivity contribution in [2.24, 2.45) is 0 Å². The summed E-state index contributed by atoms with van der Waals surface area (Å²) < 4.78 is 0. The maximum absolute atomic E-state index is 11.5. The van der Waals surface area contributed by atoms with E-state index in [1.165, 1.54) is 0 Å². The van der Waals surface area contributed by atoms with Gasteiger partial charge in [-0.1, -0.05) is 0 Å². The summed E-state index contributed by atoms with van der Waals surface area (Å²) in [5.41, 5.74) is 4.74. The second-order valence-corrected chi connectivity index (χ2v) is 5.07. The fourth-order valence-electron chi connectivity index (χ4n) is 2.02. The number of hydrogen-bond donors (Lipinski definition) is 1. The molecule has 0 unspecified atom stereocenters. The highest BCUT2D eigenvalue weighted by Gasteiger charge is 2.28. The lowest BCUT2D eigenvalue weighted by Crippen LogP contribution is -2.16. The van der Waals surface area contributed by atoms with Crippen LogP contribution in [0.5, 0.6) is 0 Å². The monoisotopic (exact) mass is 273 g/mol. The minimum absolute atomic E-state index is 0.441. The van der Waals surface area contributed by atoms with E-state index in [0.29, 0.717) is 17.8 Å². The number of amides is 1. The van der Waals surface area contributed by atoms with E-state index in [1.54, 1.807) is 22.9 Å². The number of nitrogens with zero attached hydrogens (tertiary/aromatic N) is 2. The molecule has 1 aliphatic heterocycles. The van der Waals surface area contributed by atoms with Crippen molar-refractivity contribution >= 4 is 34.4 Å². The number of rotatable bonds is 3. The van der Waals surface area contributed by atoms with Gasteiger partial charge in [0.25, 0.3) is 11.7 Å². The molecule has 1 aromatic heterocycles. The zero-order valence-electron chi connectivity index (χ0n) is 10.2. The fraction of sp³-hybridized carbons (Fsp3) is 0.154. The highest BCUT2D eigenvalue weighted by molar-refractivity contribution is 7.07. The molecule has 0 aliphatic carbocycles. The third kappa shape index (κ3) is 2.10. The number of benzene rings is 1. The van der Waals surface area contributed by atoms with Crippen LogP contribution in [0.3, 0.4) is 0 Å². The number of anilines is 2. The number of carbonyl (C=O) groups excluding carboxylic acids is 2. The van der Waals surface area contributed by atoms with E-state index < -0.39 is 11.7 Å². The highest BCUT2D eigenvalue weighted by atomic mass is 32.1. The van der Waals surface area contributed by atoms with Crippen LogP contribution < -0.4 is 10.2 Å². The lowest BCUT2D eigenvalue weighted by Gasteiger charge is -2.18. The SMILES string of the molecule is CN(Cc1cscn1)c1ccc2c(c1)NC(=O)C2=O. The van der Waals surface area contributed by atoms with E-state index in [2.05, 4.69) is 10.3 Å². The first kappa shape index (κ1) is 11.9. The maximum atomic E-state index is 11.5. The van der Waals surface area contributed by atoms with Gasteiger partial charge in [-0.25, -0.2) is 4.98 Å². The summed E-state index contributed by atoms with van der Waals surface area (Å²) in [7, 11) is 1.94. The molecule has 0 spiro atoms. The van der Waals surface area contributed by atoms with E-state index in [1.807, 2.05) is 29.5 Å². The molecule has 0 saturated heterocycles. The number of nitrogens with one attached hydrogen (secondary N) is 1. The van der Waals surface area contributed by atoms with Gasteiger partial charge in [0.05, 0.1) is 29.0 Å². The van der Waals surface area contributed by atoms with Crippen molar-refractivity contribution in [3.05, 3.63) is 40.3 Å². The summed E-state index contributed by atoms with van der Waals surface area (Å²) >= 11 is 1.56. The maximum Gasteiger partial charge on any atom is 0.296 e. The van der Waals surface area contributed by atoms with Crippen LogP contribution >= 0.6 is 11.3 Å². The average Bonchev–Trinajstić information content (AvgIpc) is 2.99. The van der Waals surface area contributed by atoms with E-state index in [0.717, 1.165) is 11.4 Å². The molecule has 6 heteroatoms. The predicted molar refractivity (Wildman–Crippen MR) is 73.6 cm³/mol. The lowest BCUT2D eigenvalue weighted by atomic mass is 10.1. The Balaban J connectivity index is 1.85. The summed E-state index contributed by atoms with van der Waals surface area (Å²) in [5, 5.41) is 4.57. The van der Waals surface area contributed by atoms with Gasteiger partial charge in [0.1, 0.15) is 0 Å². The molecule has 96 valence electrons. The minimum Gasteiger partial charge on any atom is -0.369 e. The molecule has 1 aliphatic rings. The van der Waals surface area contributed by atoms with E-state index in [9.17, 15) is 9.59 Å². The van der Waals surface area contributed by atoms with Gasteiger partial charge < -0.3 is 10.2 Å². The third-order valence-electron chi connectivity index (χ3n) is 3.03. The highest BCUT2D eigenvalue weighted by Crippen LogP contribution is 2.28. The molecule has 0 bridgehead atoms. The minimum atomic E-state index is -0.561. The van der Waals surface area contributed by atoms with Crippen molar-refractivity contribution in [1.29, 1.82) is 0 Å². The molecule has 2 heterocycles. The van der Waals surface area contributed by atoms with Gasteiger partial charge in [-0.2, -0.15) is 0 Å². The molecular formula is C13H11N3O2S. The van der Waals surface area contributed by atoms with Crippen molar-refractivity contribution in [1.82, 2.24) is 4.98 Å². The molecule has 0 saturated carbocycles. The van der Waals surface area contributed by atoms with Crippen LogP contribution in [-0.2, 0) is 11.3 Å². The Morgan fingerprint density at radius 1 is 1.37 bits per heavy atom. The van der Waals surface area contributed by atoms with Gasteiger partial charge in [-0.3, -0.25) is 9.59 Å². The Hall–Kier alpha value is -2.21. The normalized spacial score (nSPS) is 13.3. The fourth-order valence-corrected chi connectivity index (χ4v) is 2.57. The largest absolute Gasteiger partial charge is 0.369 e. The number of carbonyl (C=O) groups is 2. The first-order chi connectivity index (χ1) is 9.15. The summed E-state index contributed by atoms with van der Waals surface area (Å²) in [4.78, 5) is 29.0. The van der Waals surface area contributed by atoms with E-state index >= 15 is 0 Å². The number of aromatic nitrogens is 1. The predicted octanol–water partition coefficient (Wildman–Crippen LogP) is 1.91. The average molecular weight is 273 g/mol. The number of fused-ring (bicyclic) bond motifs is 1. The molecule has 0 fully saturated rings. The number of ketones is 1. The zero-order valence-corrected chi connectivity index (χ0v) is 11.0. The summed E-state index contributed by atoms with van der Waals surface area (Å²) in [6.45, 7) is 0.685. The second-order valence-electron chi connectivity index (χ2n) is 4.35. The van der Waals surface area contributed by atoms with Gasteiger partial charge in [0, 0.05) is 18.1 Å². The van der Waals surface area contributed by atoms with Gasteiger partial charge in [0.15, 0.2) is 0 Å². The van der Waals surface area contributed by atoms with E-state index in [-0.39, 0.29) is 0 Å². The van der Waals surface area contributed by atoms with Gasteiger partial charge in [-0.15, -0.1) is 11.3 Å². The Morgan fingerprint density at radius 3 is 2.95 bits per heavy atom. The van der Waals surface area contributed by atoms with Crippen molar-refractivity contribution in [2.45, 2.75) is 6.54 Å². The molecule has 0 atom stereocenters. The molecule has 19 heavy (non-hydrogen) atoms. The Labute approximate surface area is 113 Å². The number of hydrogen-bond acceptors (Lipinski definition) is 5. The van der Waals surface area contributed by atoms with Crippen molar-refractivity contribution in [3.8, 4) is 0 Å². The molecule has 1 aromatic carbocycles. The van der Waals surface area contributed by atoms with Crippen LogP contribution in [0.15, 0.2) is 29.1 Å².